The van der Waals surface area contributed by atoms with Gasteiger partial charge in [0.25, 0.3) is 0 Å². The molecule has 1 fully saturated rings. The molecular formula is C16H16ClN5O. The number of oxazole rings is 1. The van der Waals surface area contributed by atoms with Crippen molar-refractivity contribution in [1.82, 2.24) is 15.0 Å². The van der Waals surface area contributed by atoms with E-state index in [1.165, 1.54) is 0 Å². The van der Waals surface area contributed by atoms with Gasteiger partial charge in [-0.1, -0.05) is 23.7 Å². The molecule has 4 rings (SSSR count). The number of nitrogens with zero attached hydrogens (tertiary/aromatic N) is 4. The zero-order valence-electron chi connectivity index (χ0n) is 12.4. The van der Waals surface area contributed by atoms with Crippen LogP contribution in [0.5, 0.6) is 0 Å². The summed E-state index contributed by atoms with van der Waals surface area (Å²) in [6.45, 7) is 1.68. The molecule has 2 N–H and O–H groups in total. The van der Waals surface area contributed by atoms with Crippen molar-refractivity contribution in [3.8, 4) is 0 Å². The molecule has 1 aliphatic heterocycles. The molecule has 3 heterocycles. The van der Waals surface area contributed by atoms with Crippen LogP contribution in [0.1, 0.15) is 24.7 Å². The number of rotatable bonds is 2. The number of nitrogens with two attached hydrogens (primary N) is 1. The van der Waals surface area contributed by atoms with E-state index in [0.29, 0.717) is 5.15 Å². The number of nitrogen functional groups attached to an aromatic ring is 1. The number of halogens is 1. The smallest absolute Gasteiger partial charge is 0.223 e. The molecule has 0 amide bonds. The number of hydrogen-bond donors (Lipinski definition) is 1. The first-order chi connectivity index (χ1) is 11.2. The van der Waals surface area contributed by atoms with Gasteiger partial charge in [-0.25, -0.2) is 9.97 Å². The van der Waals surface area contributed by atoms with Gasteiger partial charge in [-0.2, -0.15) is 4.98 Å². The monoisotopic (exact) mass is 329 g/mol. The highest BCUT2D eigenvalue weighted by Crippen LogP contribution is 2.31. The molecule has 6 nitrogen and oxygen atoms in total. The van der Waals surface area contributed by atoms with Gasteiger partial charge in [0.1, 0.15) is 16.5 Å². The summed E-state index contributed by atoms with van der Waals surface area (Å²) in [7, 11) is 0. The maximum Gasteiger partial charge on any atom is 0.223 e. The molecule has 1 saturated heterocycles. The molecule has 1 aliphatic rings. The van der Waals surface area contributed by atoms with Crippen LogP contribution in [-0.4, -0.2) is 28.0 Å². The molecule has 1 aromatic carbocycles. The standard InChI is InChI=1S/C16H16ClN5O/c17-13-8-14(21-16(18)20-13)22-7-3-4-10(9-22)15-19-11-5-1-2-6-12(11)23-15/h1-2,5-6,8,10H,3-4,7,9H2,(H2,18,20,21)/t10-/m1/s1. The minimum Gasteiger partial charge on any atom is -0.440 e. The Morgan fingerprint density at radius 2 is 2.09 bits per heavy atom. The van der Waals surface area contributed by atoms with E-state index in [-0.39, 0.29) is 11.9 Å². The van der Waals surface area contributed by atoms with Gasteiger partial charge in [-0.15, -0.1) is 0 Å². The fourth-order valence-electron chi connectivity index (χ4n) is 3.04. The van der Waals surface area contributed by atoms with Crippen LogP contribution in [0.2, 0.25) is 5.15 Å². The topological polar surface area (TPSA) is 81.1 Å². The summed E-state index contributed by atoms with van der Waals surface area (Å²) >= 11 is 5.99. The lowest BCUT2D eigenvalue weighted by Crippen LogP contribution is -2.35. The second-order valence-corrected chi connectivity index (χ2v) is 6.10. The Bertz CT molecular complexity index is 796. The van der Waals surface area contributed by atoms with Crippen LogP contribution in [0.4, 0.5) is 11.8 Å². The number of fused-ring (bicyclic) bond motifs is 1. The molecule has 0 radical (unpaired) electrons. The van der Waals surface area contributed by atoms with Crippen LogP contribution in [0.25, 0.3) is 11.1 Å². The second-order valence-electron chi connectivity index (χ2n) is 5.71. The molecule has 1 atom stereocenters. The summed E-state index contributed by atoms with van der Waals surface area (Å²) in [6.07, 6.45) is 2.07. The molecular weight excluding hydrogens is 314 g/mol. The predicted octanol–water partition coefficient (Wildman–Crippen LogP) is 3.24. The van der Waals surface area contributed by atoms with Crippen molar-refractivity contribution in [2.75, 3.05) is 23.7 Å². The van der Waals surface area contributed by atoms with Gasteiger partial charge in [-0.3, -0.25) is 0 Å². The van der Waals surface area contributed by atoms with Gasteiger partial charge in [0.2, 0.25) is 5.95 Å². The summed E-state index contributed by atoms with van der Waals surface area (Å²) < 4.78 is 5.92. The third kappa shape index (κ3) is 2.82. The average Bonchev–Trinajstić information content (AvgIpc) is 2.98. The molecule has 7 heteroatoms. The first-order valence-electron chi connectivity index (χ1n) is 7.59. The first-order valence-corrected chi connectivity index (χ1v) is 7.97. The number of piperidine rings is 1. The number of aromatic nitrogens is 3. The van der Waals surface area contributed by atoms with Crippen LogP contribution in [-0.2, 0) is 0 Å². The lowest BCUT2D eigenvalue weighted by atomic mass is 9.98. The quantitative estimate of drug-likeness (QED) is 0.727. The Morgan fingerprint density at radius 3 is 2.91 bits per heavy atom. The minimum atomic E-state index is 0.191. The fraction of sp³-hybridized carbons (Fsp3) is 0.312. The van der Waals surface area contributed by atoms with Crippen molar-refractivity contribution < 1.29 is 4.42 Å². The Kier molecular flexibility index (Phi) is 3.53. The van der Waals surface area contributed by atoms with E-state index in [0.717, 1.165) is 48.7 Å². The van der Waals surface area contributed by atoms with Gasteiger partial charge in [-0.05, 0) is 25.0 Å². The van der Waals surface area contributed by atoms with E-state index >= 15 is 0 Å². The van der Waals surface area contributed by atoms with Crippen molar-refractivity contribution in [3.05, 3.63) is 41.4 Å². The van der Waals surface area contributed by atoms with E-state index in [9.17, 15) is 0 Å². The SMILES string of the molecule is Nc1nc(Cl)cc(N2CCC[C@@H](c3nc4ccccc4o3)C2)n1. The Morgan fingerprint density at radius 1 is 1.22 bits per heavy atom. The highest BCUT2D eigenvalue weighted by atomic mass is 35.5. The maximum atomic E-state index is 5.99. The molecule has 23 heavy (non-hydrogen) atoms. The van der Waals surface area contributed by atoms with E-state index < -0.39 is 0 Å². The van der Waals surface area contributed by atoms with Crippen LogP contribution in [0, 0.1) is 0 Å². The van der Waals surface area contributed by atoms with Crippen LogP contribution in [0.15, 0.2) is 34.7 Å². The normalized spacial score (nSPS) is 18.5. The summed E-state index contributed by atoms with van der Waals surface area (Å²) in [5, 5.41) is 0.358. The van der Waals surface area contributed by atoms with Crippen molar-refractivity contribution in [1.29, 1.82) is 0 Å². The maximum absolute atomic E-state index is 5.99. The molecule has 0 unspecified atom stereocenters. The molecule has 0 aliphatic carbocycles. The van der Waals surface area contributed by atoms with Gasteiger partial charge in [0.05, 0.1) is 5.92 Å². The number of para-hydroxylation sites is 2. The lowest BCUT2D eigenvalue weighted by Gasteiger charge is -2.32. The fourth-order valence-corrected chi connectivity index (χ4v) is 3.22. The largest absolute Gasteiger partial charge is 0.440 e. The highest BCUT2D eigenvalue weighted by molar-refractivity contribution is 6.29. The Labute approximate surface area is 138 Å². The summed E-state index contributed by atoms with van der Waals surface area (Å²) in [6, 6.07) is 9.57. The second kappa shape index (κ2) is 5.70. The number of hydrogen-bond acceptors (Lipinski definition) is 6. The Hall–Kier alpha value is -2.34. The molecule has 118 valence electrons. The molecule has 3 aromatic rings. The minimum absolute atomic E-state index is 0.191. The van der Waals surface area contributed by atoms with E-state index in [4.69, 9.17) is 21.8 Å². The van der Waals surface area contributed by atoms with E-state index in [1.807, 2.05) is 24.3 Å². The van der Waals surface area contributed by atoms with Crippen LogP contribution >= 0.6 is 11.6 Å². The Balaban J connectivity index is 1.61. The highest BCUT2D eigenvalue weighted by Gasteiger charge is 2.26. The van der Waals surface area contributed by atoms with E-state index in [2.05, 4.69) is 19.9 Å². The lowest BCUT2D eigenvalue weighted by molar-refractivity contribution is 0.412. The van der Waals surface area contributed by atoms with Crippen molar-refractivity contribution in [3.63, 3.8) is 0 Å². The summed E-state index contributed by atoms with van der Waals surface area (Å²) in [5.41, 5.74) is 7.42. The number of benzene rings is 1. The van der Waals surface area contributed by atoms with Crippen molar-refractivity contribution >= 4 is 34.5 Å². The predicted molar refractivity (Wildman–Crippen MR) is 89.7 cm³/mol. The van der Waals surface area contributed by atoms with E-state index in [1.54, 1.807) is 6.07 Å². The molecule has 2 aromatic heterocycles. The van der Waals surface area contributed by atoms with Gasteiger partial charge in [0.15, 0.2) is 11.5 Å². The van der Waals surface area contributed by atoms with Crippen molar-refractivity contribution in [2.24, 2.45) is 0 Å². The summed E-state index contributed by atoms with van der Waals surface area (Å²) in [4.78, 5) is 15.0. The summed E-state index contributed by atoms with van der Waals surface area (Å²) in [5.74, 6) is 1.95. The average molecular weight is 330 g/mol. The molecule has 0 saturated carbocycles. The third-order valence-corrected chi connectivity index (χ3v) is 4.30. The first kappa shape index (κ1) is 14.3. The van der Waals surface area contributed by atoms with Crippen LogP contribution < -0.4 is 10.6 Å². The molecule has 0 spiro atoms. The number of anilines is 2. The van der Waals surface area contributed by atoms with Gasteiger partial charge >= 0.3 is 0 Å². The van der Waals surface area contributed by atoms with Crippen molar-refractivity contribution in [2.45, 2.75) is 18.8 Å². The molecule has 0 bridgehead atoms. The van der Waals surface area contributed by atoms with Gasteiger partial charge in [0, 0.05) is 19.2 Å². The van der Waals surface area contributed by atoms with Gasteiger partial charge < -0.3 is 15.1 Å². The third-order valence-electron chi connectivity index (χ3n) is 4.10. The van der Waals surface area contributed by atoms with Crippen LogP contribution in [0.3, 0.4) is 0 Å². The zero-order valence-corrected chi connectivity index (χ0v) is 13.2. The zero-order chi connectivity index (χ0) is 15.8.